The van der Waals surface area contributed by atoms with Gasteiger partial charge in [0.05, 0.1) is 18.7 Å². The van der Waals surface area contributed by atoms with E-state index < -0.39 is 24.2 Å². The Balaban J connectivity index is 1.97. The quantitative estimate of drug-likeness (QED) is 0.744. The highest BCUT2D eigenvalue weighted by atomic mass is 19.4. The van der Waals surface area contributed by atoms with Gasteiger partial charge in [0.25, 0.3) is 0 Å². The molecule has 0 amide bonds. The number of nitrogens with zero attached hydrogens (tertiary/aromatic N) is 1. The van der Waals surface area contributed by atoms with Gasteiger partial charge in [0.2, 0.25) is 0 Å². The number of para-hydroxylation sites is 1. The molecule has 1 aliphatic heterocycles. The van der Waals surface area contributed by atoms with Gasteiger partial charge in [-0.3, -0.25) is 0 Å². The maximum atomic E-state index is 13.5. The predicted molar refractivity (Wildman–Crippen MR) is 80.2 cm³/mol. The molecule has 0 N–H and O–H groups in total. The molecule has 0 fully saturated rings. The van der Waals surface area contributed by atoms with Crippen molar-refractivity contribution in [3.05, 3.63) is 48.0 Å². The molecule has 0 radical (unpaired) electrons. The fourth-order valence-corrected chi connectivity index (χ4v) is 2.73. The van der Waals surface area contributed by atoms with Crippen LogP contribution in [-0.4, -0.2) is 25.9 Å². The van der Waals surface area contributed by atoms with Crippen LogP contribution in [0.1, 0.15) is 6.42 Å². The zero-order chi connectivity index (χ0) is 17.3. The van der Waals surface area contributed by atoms with Crippen LogP contribution in [0.15, 0.2) is 36.4 Å². The van der Waals surface area contributed by atoms with Gasteiger partial charge in [-0.05, 0) is 23.8 Å². The molecule has 128 valence electrons. The fraction of sp³-hybridized carbons (Fsp3) is 0.294. The monoisotopic (exact) mass is 343 g/mol. The average molecular weight is 343 g/mol. The first-order chi connectivity index (χ1) is 11.3. The van der Waals surface area contributed by atoms with E-state index in [0.717, 1.165) is 18.2 Å². The molecule has 1 aliphatic rings. The minimum atomic E-state index is -4.25. The Kier molecular flexibility index (Phi) is 4.34. The summed E-state index contributed by atoms with van der Waals surface area (Å²) in [5.41, 5.74) is 1.22. The Hall–Kier alpha value is -2.31. The highest BCUT2D eigenvalue weighted by molar-refractivity contribution is 5.79. The van der Waals surface area contributed by atoms with Gasteiger partial charge < -0.3 is 9.64 Å². The Bertz CT molecular complexity index is 724. The van der Waals surface area contributed by atoms with Crippen LogP contribution in [0.2, 0.25) is 0 Å². The summed E-state index contributed by atoms with van der Waals surface area (Å²) in [5, 5.41) is 0. The SMILES string of the molecule is Fc1cc(F)cc(-c2cccc3c2OCCN3CCC(F)(F)F)c1. The van der Waals surface area contributed by atoms with E-state index in [1.165, 1.54) is 0 Å². The third kappa shape index (κ3) is 3.60. The van der Waals surface area contributed by atoms with Crippen LogP contribution in [-0.2, 0) is 0 Å². The molecule has 0 bridgehead atoms. The smallest absolute Gasteiger partial charge is 0.390 e. The Labute approximate surface area is 135 Å². The van der Waals surface area contributed by atoms with Gasteiger partial charge in [0, 0.05) is 18.2 Å². The van der Waals surface area contributed by atoms with Gasteiger partial charge >= 0.3 is 6.18 Å². The highest BCUT2D eigenvalue weighted by Gasteiger charge is 2.30. The standard InChI is InChI=1S/C17H14F5NO/c18-12-8-11(9-13(19)10-12)14-2-1-3-15-16(14)24-7-6-23(15)5-4-17(20,21)22/h1-3,8-10H,4-7H2. The van der Waals surface area contributed by atoms with Crippen molar-refractivity contribution in [3.63, 3.8) is 0 Å². The van der Waals surface area contributed by atoms with Crippen molar-refractivity contribution in [2.24, 2.45) is 0 Å². The lowest BCUT2D eigenvalue weighted by atomic mass is 10.0. The van der Waals surface area contributed by atoms with E-state index in [-0.39, 0.29) is 18.7 Å². The predicted octanol–water partition coefficient (Wildman–Crippen LogP) is 4.78. The number of rotatable bonds is 3. The second-order valence-electron chi connectivity index (χ2n) is 5.51. The van der Waals surface area contributed by atoms with Crippen molar-refractivity contribution in [1.82, 2.24) is 0 Å². The normalized spacial score (nSPS) is 14.3. The van der Waals surface area contributed by atoms with Crippen LogP contribution >= 0.6 is 0 Å². The van der Waals surface area contributed by atoms with Crippen LogP contribution < -0.4 is 9.64 Å². The largest absolute Gasteiger partial charge is 0.489 e. The van der Waals surface area contributed by atoms with Gasteiger partial charge in [-0.25, -0.2) is 8.78 Å². The van der Waals surface area contributed by atoms with Gasteiger partial charge in [-0.2, -0.15) is 13.2 Å². The number of anilines is 1. The molecule has 0 aromatic heterocycles. The summed E-state index contributed by atoms with van der Waals surface area (Å²) >= 11 is 0. The second kappa shape index (κ2) is 6.30. The topological polar surface area (TPSA) is 12.5 Å². The first-order valence-corrected chi connectivity index (χ1v) is 7.37. The summed E-state index contributed by atoms with van der Waals surface area (Å²) < 4.78 is 69.9. The van der Waals surface area contributed by atoms with E-state index in [1.807, 2.05) is 0 Å². The third-order valence-electron chi connectivity index (χ3n) is 3.78. The molecule has 0 saturated heterocycles. The van der Waals surface area contributed by atoms with E-state index >= 15 is 0 Å². The molecular formula is C17H14F5NO. The summed E-state index contributed by atoms with van der Waals surface area (Å²) in [7, 11) is 0. The van der Waals surface area contributed by atoms with Crippen molar-refractivity contribution < 1.29 is 26.7 Å². The maximum absolute atomic E-state index is 13.5. The van der Waals surface area contributed by atoms with Crippen molar-refractivity contribution in [2.45, 2.75) is 12.6 Å². The Morgan fingerprint density at radius 1 is 1.04 bits per heavy atom. The van der Waals surface area contributed by atoms with Crippen LogP contribution in [0.3, 0.4) is 0 Å². The first-order valence-electron chi connectivity index (χ1n) is 7.37. The van der Waals surface area contributed by atoms with Gasteiger partial charge in [-0.1, -0.05) is 12.1 Å². The molecule has 0 aliphatic carbocycles. The molecule has 0 saturated carbocycles. The average Bonchev–Trinajstić information content (AvgIpc) is 2.50. The molecule has 24 heavy (non-hydrogen) atoms. The van der Waals surface area contributed by atoms with E-state index in [2.05, 4.69) is 0 Å². The molecule has 3 rings (SSSR count). The third-order valence-corrected chi connectivity index (χ3v) is 3.78. The van der Waals surface area contributed by atoms with Crippen LogP contribution in [0.5, 0.6) is 5.75 Å². The molecule has 0 spiro atoms. The van der Waals surface area contributed by atoms with E-state index in [1.54, 1.807) is 23.1 Å². The number of hydrogen-bond acceptors (Lipinski definition) is 2. The van der Waals surface area contributed by atoms with Gasteiger partial charge in [-0.15, -0.1) is 0 Å². The molecular weight excluding hydrogens is 329 g/mol. The molecule has 7 heteroatoms. The lowest BCUT2D eigenvalue weighted by Crippen LogP contribution is -2.35. The fourth-order valence-electron chi connectivity index (χ4n) is 2.73. The van der Waals surface area contributed by atoms with Crippen LogP contribution in [0.4, 0.5) is 27.6 Å². The van der Waals surface area contributed by atoms with E-state index in [9.17, 15) is 22.0 Å². The zero-order valence-electron chi connectivity index (χ0n) is 12.5. The molecule has 2 nitrogen and oxygen atoms in total. The lowest BCUT2D eigenvalue weighted by Gasteiger charge is -2.32. The van der Waals surface area contributed by atoms with E-state index in [0.29, 0.717) is 23.5 Å². The minimum absolute atomic E-state index is 0.194. The number of fused-ring (bicyclic) bond motifs is 1. The summed E-state index contributed by atoms with van der Waals surface area (Å²) in [4.78, 5) is 1.57. The minimum Gasteiger partial charge on any atom is -0.489 e. The maximum Gasteiger partial charge on any atom is 0.390 e. The molecule has 1 heterocycles. The van der Waals surface area contributed by atoms with Crippen molar-refractivity contribution in [1.29, 1.82) is 0 Å². The summed E-state index contributed by atoms with van der Waals surface area (Å²) in [6, 6.07) is 7.99. The molecule has 0 atom stereocenters. The van der Waals surface area contributed by atoms with Gasteiger partial charge in [0.1, 0.15) is 18.2 Å². The second-order valence-corrected chi connectivity index (χ2v) is 5.51. The lowest BCUT2D eigenvalue weighted by molar-refractivity contribution is -0.132. The molecule has 2 aromatic carbocycles. The zero-order valence-corrected chi connectivity index (χ0v) is 12.5. The van der Waals surface area contributed by atoms with Crippen LogP contribution in [0, 0.1) is 11.6 Å². The number of halogens is 5. The Morgan fingerprint density at radius 2 is 1.75 bits per heavy atom. The number of benzene rings is 2. The number of alkyl halides is 3. The van der Waals surface area contributed by atoms with Crippen molar-refractivity contribution in [3.8, 4) is 16.9 Å². The van der Waals surface area contributed by atoms with Crippen molar-refractivity contribution in [2.75, 3.05) is 24.6 Å². The summed E-state index contributed by atoms with van der Waals surface area (Å²) in [6.07, 6.45) is -5.19. The summed E-state index contributed by atoms with van der Waals surface area (Å²) in [5.74, 6) is -1.12. The highest BCUT2D eigenvalue weighted by Crippen LogP contribution is 2.41. The van der Waals surface area contributed by atoms with Crippen LogP contribution in [0.25, 0.3) is 11.1 Å². The van der Waals surface area contributed by atoms with Gasteiger partial charge in [0.15, 0.2) is 5.75 Å². The molecule has 0 unspecified atom stereocenters. The van der Waals surface area contributed by atoms with E-state index in [4.69, 9.17) is 4.74 Å². The number of hydrogen-bond donors (Lipinski definition) is 0. The molecule has 2 aromatic rings. The number of ether oxygens (including phenoxy) is 1. The first kappa shape index (κ1) is 16.5. The Morgan fingerprint density at radius 3 is 2.42 bits per heavy atom. The van der Waals surface area contributed by atoms with Crippen molar-refractivity contribution >= 4 is 5.69 Å². The summed E-state index contributed by atoms with van der Waals surface area (Å²) in [6.45, 7) is 0.338.